The van der Waals surface area contributed by atoms with E-state index < -0.39 is 6.17 Å². The molecule has 0 amide bonds. The Bertz CT molecular complexity index is 1940. The average molecular weight is 832 g/mol. The summed E-state index contributed by atoms with van der Waals surface area (Å²) in [6.45, 7) is 3.36. The van der Waals surface area contributed by atoms with E-state index in [0.717, 1.165) is 35.2 Å². The summed E-state index contributed by atoms with van der Waals surface area (Å²) >= 11 is 3.25. The summed E-state index contributed by atoms with van der Waals surface area (Å²) in [6.07, 6.45) is 11.6. The number of phenols is 3. The van der Waals surface area contributed by atoms with Crippen LogP contribution in [0.3, 0.4) is 0 Å². The molecule has 0 saturated carbocycles. The molecule has 0 bridgehead atoms. The fraction of sp³-hybridized carbons (Fsp3) is 0.150. The number of aliphatic hydroxyl groups is 1. The first-order chi connectivity index (χ1) is 24.4. The van der Waals surface area contributed by atoms with Crippen LogP contribution >= 0.6 is 22.7 Å². The zero-order valence-electron chi connectivity index (χ0n) is 28.3. The number of aliphatic hydroxyl groups excluding tert-OH is 1. The number of benzene rings is 3. The molecule has 1 aliphatic carbocycles. The average Bonchev–Trinajstić information content (AvgIpc) is 3.87. The molecule has 12 heteroatoms. The Morgan fingerprint density at radius 2 is 1.19 bits per heavy atom. The molecule has 0 fully saturated rings. The standard InChI is InChI=1S/C19H18N2O2S.C12H11NOS.C9H11NO.2Cu/c22-17-7-3-1-5-14(17)11-20-19(16-9-10-24-13-16)21-12-15-6-2-4-8-18(15)23;14-12-4-2-1-3-11(12)8-13-7-10-5-6-15-9-10;1-2-10-7-8-5-3-4-6-9(8)11;;/h1-3,5-7,9-13,19,22-23H,4,8H2;1-6,8-9,14H,7H2;3-7,11H,2H2,1H3;;/b20-11+,21-12+;;;;/t19-;;;;/m1..../s1. The number of hydrogen-bond acceptors (Lipinski definition) is 10. The van der Waals surface area contributed by atoms with E-state index in [4.69, 9.17) is 0 Å². The van der Waals surface area contributed by atoms with Crippen molar-refractivity contribution >= 4 is 47.5 Å². The molecule has 0 aliphatic heterocycles. The molecule has 5 aromatic rings. The first-order valence-electron chi connectivity index (χ1n) is 16.0. The van der Waals surface area contributed by atoms with Crippen molar-refractivity contribution < 1.29 is 54.6 Å². The van der Waals surface area contributed by atoms with Crippen LogP contribution in [-0.2, 0) is 40.7 Å². The van der Waals surface area contributed by atoms with Crippen LogP contribution in [0.25, 0.3) is 0 Å². The minimum Gasteiger partial charge on any atom is -0.512 e. The van der Waals surface area contributed by atoms with Crippen molar-refractivity contribution in [1.29, 1.82) is 0 Å². The molecule has 0 saturated heterocycles. The molecule has 8 nitrogen and oxygen atoms in total. The molecule has 2 heterocycles. The molecule has 3 aromatic carbocycles. The van der Waals surface area contributed by atoms with Crippen molar-refractivity contribution in [1.82, 2.24) is 0 Å². The molecule has 52 heavy (non-hydrogen) atoms. The fourth-order valence-electron chi connectivity index (χ4n) is 4.33. The first-order valence-corrected chi connectivity index (χ1v) is 17.8. The number of nitrogens with zero attached hydrogens (tertiary/aromatic N) is 4. The molecule has 0 spiro atoms. The number of aliphatic imine (C=N–C) groups is 4. The van der Waals surface area contributed by atoms with Gasteiger partial charge in [0.25, 0.3) is 0 Å². The van der Waals surface area contributed by atoms with Crippen LogP contribution in [0.15, 0.2) is 150 Å². The van der Waals surface area contributed by atoms with E-state index in [2.05, 4.69) is 25.3 Å². The summed E-state index contributed by atoms with van der Waals surface area (Å²) in [5.74, 6) is 1.09. The summed E-state index contributed by atoms with van der Waals surface area (Å²) in [7, 11) is 0. The minimum atomic E-state index is -0.411. The van der Waals surface area contributed by atoms with Gasteiger partial charge in [-0.1, -0.05) is 48.6 Å². The molecule has 6 rings (SSSR count). The maximum atomic E-state index is 9.92. The zero-order chi connectivity index (χ0) is 35.4. The van der Waals surface area contributed by atoms with Gasteiger partial charge in [0.2, 0.25) is 0 Å². The summed E-state index contributed by atoms with van der Waals surface area (Å²) in [5.41, 5.74) is 5.07. The monoisotopic (exact) mass is 830 g/mol. The zero-order valence-corrected chi connectivity index (χ0v) is 31.8. The van der Waals surface area contributed by atoms with Crippen molar-refractivity contribution in [3.8, 4) is 17.2 Å². The summed E-state index contributed by atoms with van der Waals surface area (Å²) < 4.78 is 0. The van der Waals surface area contributed by atoms with E-state index in [1.165, 1.54) is 5.56 Å². The van der Waals surface area contributed by atoms with Crippen LogP contribution in [0.2, 0.25) is 0 Å². The molecular weight excluding hydrogens is 792 g/mol. The third-order valence-electron chi connectivity index (χ3n) is 7.04. The van der Waals surface area contributed by atoms with E-state index in [1.807, 2.05) is 77.7 Å². The van der Waals surface area contributed by atoms with Gasteiger partial charge in [0.15, 0.2) is 6.17 Å². The van der Waals surface area contributed by atoms with Gasteiger partial charge in [0, 0.05) is 99.8 Å². The Morgan fingerprint density at radius 3 is 1.71 bits per heavy atom. The van der Waals surface area contributed by atoms with Crippen LogP contribution in [0, 0.1) is 0 Å². The summed E-state index contributed by atoms with van der Waals surface area (Å²) in [6, 6.07) is 25.4. The van der Waals surface area contributed by atoms with Crippen molar-refractivity contribution in [3.63, 3.8) is 0 Å². The van der Waals surface area contributed by atoms with Crippen LogP contribution < -0.4 is 0 Å². The van der Waals surface area contributed by atoms with E-state index >= 15 is 0 Å². The third kappa shape index (κ3) is 15.0. The normalized spacial score (nSPS) is 12.9. The van der Waals surface area contributed by atoms with Gasteiger partial charge in [-0.05, 0) is 89.0 Å². The van der Waals surface area contributed by atoms with E-state index in [0.29, 0.717) is 24.3 Å². The molecule has 1 aliphatic rings. The molecule has 4 N–H and O–H groups in total. The predicted molar refractivity (Wildman–Crippen MR) is 209 cm³/mol. The molecular formula is C40H40Cu2N4O4S2. The van der Waals surface area contributed by atoms with Gasteiger partial charge in [0.05, 0.1) is 6.54 Å². The van der Waals surface area contributed by atoms with Gasteiger partial charge in [-0.15, -0.1) is 0 Å². The van der Waals surface area contributed by atoms with Crippen LogP contribution in [0.4, 0.5) is 0 Å². The first kappa shape index (κ1) is 43.6. The van der Waals surface area contributed by atoms with Crippen molar-refractivity contribution in [2.45, 2.75) is 32.5 Å². The minimum absolute atomic E-state index is 0. The second kappa shape index (κ2) is 24.6. The Balaban J connectivity index is 0.000000288. The number of aromatic hydroxyl groups is 3. The van der Waals surface area contributed by atoms with Gasteiger partial charge in [0.1, 0.15) is 23.0 Å². The topological polar surface area (TPSA) is 130 Å². The maximum Gasteiger partial charge on any atom is 0.165 e. The Morgan fingerprint density at radius 1 is 0.654 bits per heavy atom. The molecule has 278 valence electrons. The van der Waals surface area contributed by atoms with E-state index in [1.54, 1.807) is 90.0 Å². The van der Waals surface area contributed by atoms with Crippen LogP contribution in [0.1, 0.15) is 53.7 Å². The third-order valence-corrected chi connectivity index (χ3v) is 8.47. The Hall–Kier alpha value is -4.54. The smallest absolute Gasteiger partial charge is 0.165 e. The fourth-order valence-corrected chi connectivity index (χ4v) is 5.67. The van der Waals surface area contributed by atoms with Crippen LogP contribution in [0.5, 0.6) is 17.2 Å². The quantitative estimate of drug-likeness (QED) is 0.0825. The van der Waals surface area contributed by atoms with Gasteiger partial charge >= 0.3 is 0 Å². The second-order valence-corrected chi connectivity index (χ2v) is 12.3. The van der Waals surface area contributed by atoms with Gasteiger partial charge in [-0.3, -0.25) is 20.0 Å². The Labute approximate surface area is 334 Å². The number of phenolic OH excluding ortho intramolecular Hbond substituents is 3. The van der Waals surface area contributed by atoms with Crippen LogP contribution in [-0.4, -0.2) is 51.8 Å². The molecule has 2 radical (unpaired) electrons. The van der Waals surface area contributed by atoms with Gasteiger partial charge in [-0.2, -0.15) is 22.7 Å². The SMILES string of the molecule is CCN=Cc1ccccc1O.OC1=C(/C=N/[C@@H](/N=C/c2ccccc2O)c2ccsc2)C=CCC1.Oc1ccccc1C=NCc1ccsc1.[Cu].[Cu]. The number of rotatable bonds is 10. The molecule has 2 aromatic heterocycles. The van der Waals surface area contributed by atoms with E-state index in [9.17, 15) is 20.4 Å². The summed E-state index contributed by atoms with van der Waals surface area (Å²) in [5, 5.41) is 46.6. The predicted octanol–water partition coefficient (Wildman–Crippen LogP) is 9.70. The number of allylic oxidation sites excluding steroid dienone is 4. The molecule has 0 unspecified atom stereocenters. The second-order valence-electron chi connectivity index (χ2n) is 10.7. The maximum absolute atomic E-state index is 9.92. The number of para-hydroxylation sites is 3. The number of hydrogen-bond donors (Lipinski definition) is 4. The molecule has 1 atom stereocenters. The Kier molecular flexibility index (Phi) is 20.6. The largest absolute Gasteiger partial charge is 0.512 e. The van der Waals surface area contributed by atoms with Gasteiger partial charge < -0.3 is 20.4 Å². The van der Waals surface area contributed by atoms with Crippen molar-refractivity contribution in [3.05, 3.63) is 158 Å². The van der Waals surface area contributed by atoms with Crippen molar-refractivity contribution in [2.75, 3.05) is 6.54 Å². The van der Waals surface area contributed by atoms with Crippen molar-refractivity contribution in [2.24, 2.45) is 20.0 Å². The van der Waals surface area contributed by atoms with E-state index in [-0.39, 0.29) is 51.4 Å². The number of thiophene rings is 2. The summed E-state index contributed by atoms with van der Waals surface area (Å²) in [4.78, 5) is 17.3. The van der Waals surface area contributed by atoms with Gasteiger partial charge in [-0.25, -0.2) is 0 Å².